The van der Waals surface area contributed by atoms with Crippen molar-refractivity contribution in [3.63, 3.8) is 0 Å². The topological polar surface area (TPSA) is 37.3 Å². The van der Waals surface area contributed by atoms with Crippen LogP contribution < -0.4 is 0 Å². The second-order valence-electron chi connectivity index (χ2n) is 2.69. The van der Waals surface area contributed by atoms with Crippen LogP contribution in [0, 0.1) is 0 Å². The Labute approximate surface area is 93.9 Å². The van der Waals surface area contributed by atoms with Crippen molar-refractivity contribution in [3.05, 3.63) is 23.3 Å². The van der Waals surface area contributed by atoms with Gasteiger partial charge in [0.25, 0.3) is 0 Å². The van der Waals surface area contributed by atoms with Crippen LogP contribution in [0.2, 0.25) is 0 Å². The number of thiol groups is 2. The van der Waals surface area contributed by atoms with Crippen LogP contribution in [0.4, 0.5) is 13.2 Å². The molecule has 0 aliphatic carbocycles. The molecule has 0 unspecified atom stereocenters. The Kier molecular flexibility index (Phi) is 3.25. The molecule has 0 fully saturated rings. The molecule has 0 heterocycles. The quantitative estimate of drug-likeness (QED) is 0.674. The summed E-state index contributed by atoms with van der Waals surface area (Å²) >= 11 is 7.36. The van der Waals surface area contributed by atoms with Gasteiger partial charge in [-0.25, -0.2) is 4.79 Å². The number of hydrogen-bond donors (Lipinski definition) is 3. The first-order valence-electron chi connectivity index (χ1n) is 3.60. The number of carboxylic acids is 1. The zero-order valence-electron chi connectivity index (χ0n) is 7.04. The van der Waals surface area contributed by atoms with Gasteiger partial charge in [-0.1, -0.05) is 0 Å². The smallest absolute Gasteiger partial charge is 0.416 e. The Hall–Kier alpha value is -0.820. The van der Waals surface area contributed by atoms with Crippen LogP contribution in [-0.2, 0) is 6.18 Å². The Bertz CT molecular complexity index is 392. The minimum Gasteiger partial charge on any atom is -0.478 e. The highest BCUT2D eigenvalue weighted by atomic mass is 32.1. The van der Waals surface area contributed by atoms with Crippen LogP contribution in [0.1, 0.15) is 15.9 Å². The van der Waals surface area contributed by atoms with Crippen LogP contribution in [-0.4, -0.2) is 11.1 Å². The normalized spacial score (nSPS) is 11.5. The second kappa shape index (κ2) is 3.97. The van der Waals surface area contributed by atoms with Crippen molar-refractivity contribution in [1.82, 2.24) is 0 Å². The predicted molar refractivity (Wildman–Crippen MR) is 52.9 cm³/mol. The molecule has 1 aromatic carbocycles. The summed E-state index contributed by atoms with van der Waals surface area (Å²) in [5, 5.41) is 8.66. The first-order valence-corrected chi connectivity index (χ1v) is 4.49. The molecule has 0 aromatic heterocycles. The molecule has 2 nitrogen and oxygen atoms in total. The maximum atomic E-state index is 12.3. The average Bonchev–Trinajstić information content (AvgIpc) is 1.99. The first-order chi connectivity index (χ1) is 6.73. The third-order valence-corrected chi connectivity index (χ3v) is 2.34. The van der Waals surface area contributed by atoms with Gasteiger partial charge in [-0.05, 0) is 12.1 Å². The van der Waals surface area contributed by atoms with Crippen LogP contribution in [0.15, 0.2) is 21.9 Å². The summed E-state index contributed by atoms with van der Waals surface area (Å²) in [5.74, 6) is -1.36. The van der Waals surface area contributed by atoms with Crippen molar-refractivity contribution in [2.24, 2.45) is 0 Å². The van der Waals surface area contributed by atoms with Gasteiger partial charge in [0, 0.05) is 9.79 Å². The van der Waals surface area contributed by atoms with E-state index in [2.05, 4.69) is 25.3 Å². The van der Waals surface area contributed by atoms with Crippen molar-refractivity contribution >= 4 is 31.2 Å². The molecule has 1 rings (SSSR count). The molecule has 0 bridgehead atoms. The molecule has 0 amide bonds. The maximum absolute atomic E-state index is 12.3. The molecule has 0 atom stereocenters. The largest absolute Gasteiger partial charge is 0.478 e. The minimum absolute atomic E-state index is 0.262. The van der Waals surface area contributed by atoms with E-state index in [4.69, 9.17) is 5.11 Å². The molecule has 0 aliphatic rings. The fraction of sp³-hybridized carbons (Fsp3) is 0.125. The number of halogens is 3. The summed E-state index contributed by atoms with van der Waals surface area (Å²) < 4.78 is 36.8. The Morgan fingerprint density at radius 2 is 1.60 bits per heavy atom. The van der Waals surface area contributed by atoms with E-state index < -0.39 is 17.7 Å². The lowest BCUT2D eigenvalue weighted by Gasteiger charge is -2.10. The Balaban J connectivity index is 3.39. The van der Waals surface area contributed by atoms with Crippen molar-refractivity contribution in [2.75, 3.05) is 0 Å². The Morgan fingerprint density at radius 3 is 1.87 bits per heavy atom. The average molecular weight is 254 g/mol. The van der Waals surface area contributed by atoms with Crippen molar-refractivity contribution in [1.29, 1.82) is 0 Å². The fourth-order valence-corrected chi connectivity index (χ4v) is 1.79. The van der Waals surface area contributed by atoms with Crippen molar-refractivity contribution < 1.29 is 23.1 Å². The Morgan fingerprint density at radius 1 is 1.20 bits per heavy atom. The number of hydrogen-bond acceptors (Lipinski definition) is 3. The van der Waals surface area contributed by atoms with Crippen molar-refractivity contribution in [3.8, 4) is 0 Å². The predicted octanol–water partition coefficient (Wildman–Crippen LogP) is 2.98. The summed E-state index contributed by atoms with van der Waals surface area (Å²) in [6.45, 7) is 0. The van der Waals surface area contributed by atoms with E-state index in [1.54, 1.807) is 0 Å². The molecule has 0 spiro atoms. The highest BCUT2D eigenvalue weighted by Crippen LogP contribution is 2.34. The summed E-state index contributed by atoms with van der Waals surface area (Å²) in [6.07, 6.45) is -4.54. The van der Waals surface area contributed by atoms with Gasteiger partial charge in [0.15, 0.2) is 0 Å². The van der Waals surface area contributed by atoms with Gasteiger partial charge >= 0.3 is 12.1 Å². The lowest BCUT2D eigenvalue weighted by Crippen LogP contribution is -2.08. The third-order valence-electron chi connectivity index (χ3n) is 1.64. The van der Waals surface area contributed by atoms with Gasteiger partial charge in [-0.3, -0.25) is 0 Å². The molecular formula is C8H5F3O2S2. The highest BCUT2D eigenvalue weighted by molar-refractivity contribution is 7.81. The SMILES string of the molecule is O=C(O)c1c(S)cc(C(F)(F)F)cc1S. The van der Waals surface area contributed by atoms with E-state index in [-0.39, 0.29) is 15.4 Å². The first kappa shape index (κ1) is 12.3. The number of benzene rings is 1. The molecule has 0 saturated heterocycles. The summed E-state index contributed by atoms with van der Waals surface area (Å²) in [6, 6.07) is 1.32. The van der Waals surface area contributed by atoms with E-state index in [1.165, 1.54) is 0 Å². The lowest BCUT2D eigenvalue weighted by molar-refractivity contribution is -0.137. The van der Waals surface area contributed by atoms with Gasteiger partial charge < -0.3 is 5.11 Å². The third kappa shape index (κ3) is 2.60. The number of alkyl halides is 3. The van der Waals surface area contributed by atoms with E-state index in [1.807, 2.05) is 0 Å². The molecule has 0 radical (unpaired) electrons. The van der Waals surface area contributed by atoms with Crippen LogP contribution in [0.25, 0.3) is 0 Å². The molecule has 0 saturated carbocycles. The number of aromatic carboxylic acids is 1. The number of rotatable bonds is 1. The zero-order chi connectivity index (χ0) is 11.8. The minimum atomic E-state index is -4.54. The fourth-order valence-electron chi connectivity index (χ4n) is 0.995. The molecule has 15 heavy (non-hydrogen) atoms. The molecular weight excluding hydrogens is 249 g/mol. The van der Waals surface area contributed by atoms with E-state index in [9.17, 15) is 18.0 Å². The lowest BCUT2D eigenvalue weighted by atomic mass is 10.1. The molecule has 1 aromatic rings. The molecule has 82 valence electrons. The van der Waals surface area contributed by atoms with Gasteiger partial charge in [-0.15, -0.1) is 25.3 Å². The highest BCUT2D eigenvalue weighted by Gasteiger charge is 2.32. The van der Waals surface area contributed by atoms with E-state index in [0.717, 1.165) is 0 Å². The molecule has 1 N–H and O–H groups in total. The van der Waals surface area contributed by atoms with Gasteiger partial charge in [-0.2, -0.15) is 13.2 Å². The van der Waals surface area contributed by atoms with E-state index >= 15 is 0 Å². The number of carbonyl (C=O) groups is 1. The van der Waals surface area contributed by atoms with E-state index in [0.29, 0.717) is 12.1 Å². The van der Waals surface area contributed by atoms with Crippen LogP contribution in [0.5, 0.6) is 0 Å². The van der Waals surface area contributed by atoms with Gasteiger partial charge in [0.1, 0.15) is 0 Å². The van der Waals surface area contributed by atoms with Crippen LogP contribution >= 0.6 is 25.3 Å². The summed E-state index contributed by atoms with van der Waals surface area (Å²) in [7, 11) is 0. The van der Waals surface area contributed by atoms with Gasteiger partial charge in [0.05, 0.1) is 11.1 Å². The standard InChI is InChI=1S/C8H5F3O2S2/c9-8(10,11)3-1-4(14)6(7(12)13)5(15)2-3/h1-2,14-15H,(H,12,13). The van der Waals surface area contributed by atoms with Crippen LogP contribution in [0.3, 0.4) is 0 Å². The monoisotopic (exact) mass is 254 g/mol. The molecule has 7 heteroatoms. The zero-order valence-corrected chi connectivity index (χ0v) is 8.83. The summed E-state index contributed by atoms with van der Waals surface area (Å²) in [5.41, 5.74) is -1.31. The number of carboxylic acid groups (broad SMARTS) is 1. The van der Waals surface area contributed by atoms with Crippen molar-refractivity contribution in [2.45, 2.75) is 16.0 Å². The maximum Gasteiger partial charge on any atom is 0.416 e. The summed E-state index contributed by atoms with van der Waals surface area (Å²) in [4.78, 5) is 10.1. The molecule has 0 aliphatic heterocycles. The second-order valence-corrected chi connectivity index (χ2v) is 3.66. The van der Waals surface area contributed by atoms with Gasteiger partial charge in [0.2, 0.25) is 0 Å².